The number of nitrogens with one attached hydrogen (secondary N) is 1. The predicted molar refractivity (Wildman–Crippen MR) is 81.4 cm³/mol. The summed E-state index contributed by atoms with van der Waals surface area (Å²) in [5.74, 6) is -0.635. The maximum Gasteiger partial charge on any atom is 0.244 e. The Bertz CT molecular complexity index is 576. The van der Waals surface area contributed by atoms with Crippen molar-refractivity contribution in [1.29, 1.82) is 0 Å². The molecule has 0 radical (unpaired) electrons. The van der Waals surface area contributed by atoms with Gasteiger partial charge in [-0.2, -0.15) is 0 Å². The topological polar surface area (TPSA) is 81.4 Å². The van der Waals surface area contributed by atoms with Crippen molar-refractivity contribution >= 4 is 38.4 Å². The van der Waals surface area contributed by atoms with Crippen molar-refractivity contribution in [2.24, 2.45) is 5.73 Å². The van der Waals surface area contributed by atoms with Crippen LogP contribution in [0.5, 0.6) is 5.75 Å². The summed E-state index contributed by atoms with van der Waals surface area (Å²) in [4.78, 5) is -0.264. The van der Waals surface area contributed by atoms with Crippen LogP contribution in [0.4, 0.5) is 4.39 Å². The van der Waals surface area contributed by atoms with E-state index in [9.17, 15) is 12.8 Å². The Morgan fingerprint density at radius 3 is 2.45 bits per heavy atom. The van der Waals surface area contributed by atoms with Crippen LogP contribution in [-0.2, 0) is 10.0 Å². The van der Waals surface area contributed by atoms with E-state index in [-0.39, 0.29) is 34.1 Å². The van der Waals surface area contributed by atoms with Crippen LogP contribution in [0.25, 0.3) is 0 Å². The number of methoxy groups -OCH3 is 1. The van der Waals surface area contributed by atoms with E-state index in [1.54, 1.807) is 13.8 Å². The van der Waals surface area contributed by atoms with Crippen molar-refractivity contribution < 1.29 is 17.5 Å². The van der Waals surface area contributed by atoms with Crippen LogP contribution in [0.3, 0.4) is 0 Å². The van der Waals surface area contributed by atoms with Crippen LogP contribution >= 0.6 is 28.3 Å². The Morgan fingerprint density at radius 2 is 2.00 bits per heavy atom. The highest BCUT2D eigenvalue weighted by Crippen LogP contribution is 2.29. The maximum atomic E-state index is 13.5. The van der Waals surface area contributed by atoms with Gasteiger partial charge in [-0.15, -0.1) is 12.4 Å². The summed E-state index contributed by atoms with van der Waals surface area (Å²) in [6.07, 6.45) is 0. The Labute approximate surface area is 132 Å². The Balaban J connectivity index is 0.00000361. The molecule has 0 unspecified atom stereocenters. The molecule has 0 aliphatic rings. The van der Waals surface area contributed by atoms with E-state index in [0.717, 1.165) is 6.07 Å². The van der Waals surface area contributed by atoms with E-state index in [4.69, 9.17) is 10.5 Å². The molecule has 0 aliphatic heterocycles. The lowest BCUT2D eigenvalue weighted by molar-refractivity contribution is 0.399. The van der Waals surface area contributed by atoms with Gasteiger partial charge in [-0.3, -0.25) is 0 Å². The van der Waals surface area contributed by atoms with Crippen molar-refractivity contribution in [1.82, 2.24) is 4.72 Å². The van der Waals surface area contributed by atoms with Gasteiger partial charge in [0, 0.05) is 12.1 Å². The molecular formula is C11H17BrClFN2O3S. The molecule has 20 heavy (non-hydrogen) atoms. The Hall–Kier alpha value is -0.410. The zero-order valence-corrected chi connectivity index (χ0v) is 14.5. The molecule has 0 aromatic heterocycles. The zero-order valence-electron chi connectivity index (χ0n) is 11.2. The molecule has 0 heterocycles. The molecule has 1 aromatic carbocycles. The first-order valence-corrected chi connectivity index (χ1v) is 7.66. The van der Waals surface area contributed by atoms with Crippen LogP contribution in [0.15, 0.2) is 21.5 Å². The standard InChI is InChI=1S/C11H16BrFN2O3S.ClH/c1-11(2,14)6-15-19(16,17)10-5-8(13)7(12)4-9(10)18-3;/h4-5,15H,6,14H2,1-3H3;1H. The molecule has 0 aliphatic carbocycles. The van der Waals surface area contributed by atoms with Gasteiger partial charge in [0.05, 0.1) is 11.6 Å². The Kier molecular flexibility index (Phi) is 6.89. The third-order valence-electron chi connectivity index (χ3n) is 2.21. The summed E-state index contributed by atoms with van der Waals surface area (Å²) in [6.45, 7) is 3.38. The minimum atomic E-state index is -3.89. The molecule has 0 bridgehead atoms. The molecule has 9 heteroatoms. The highest BCUT2D eigenvalue weighted by atomic mass is 79.9. The second-order valence-electron chi connectivity index (χ2n) is 4.73. The fourth-order valence-corrected chi connectivity index (χ4v) is 2.94. The van der Waals surface area contributed by atoms with Crippen molar-refractivity contribution in [2.45, 2.75) is 24.3 Å². The van der Waals surface area contributed by atoms with Gasteiger partial charge in [-0.05, 0) is 41.9 Å². The molecule has 0 saturated carbocycles. The number of ether oxygens (including phenoxy) is 1. The van der Waals surface area contributed by atoms with Gasteiger partial charge in [0.2, 0.25) is 10.0 Å². The van der Waals surface area contributed by atoms with E-state index < -0.39 is 21.4 Å². The fourth-order valence-electron chi connectivity index (χ4n) is 1.24. The van der Waals surface area contributed by atoms with Gasteiger partial charge >= 0.3 is 0 Å². The Morgan fingerprint density at radius 1 is 1.45 bits per heavy atom. The molecule has 3 N–H and O–H groups in total. The fraction of sp³-hybridized carbons (Fsp3) is 0.455. The van der Waals surface area contributed by atoms with Gasteiger partial charge in [0.15, 0.2) is 0 Å². The first-order chi connectivity index (χ1) is 8.57. The van der Waals surface area contributed by atoms with Crippen LogP contribution < -0.4 is 15.2 Å². The van der Waals surface area contributed by atoms with Crippen LogP contribution in [0.2, 0.25) is 0 Å². The summed E-state index contributed by atoms with van der Waals surface area (Å²) >= 11 is 2.97. The minimum Gasteiger partial charge on any atom is -0.495 e. The SMILES string of the molecule is COc1cc(Br)c(F)cc1S(=O)(=O)NCC(C)(C)N.Cl. The van der Waals surface area contributed by atoms with Crippen molar-refractivity contribution in [3.05, 3.63) is 22.4 Å². The quantitative estimate of drug-likeness (QED) is 0.805. The lowest BCUT2D eigenvalue weighted by Crippen LogP contribution is -2.45. The molecule has 0 amide bonds. The van der Waals surface area contributed by atoms with E-state index in [1.807, 2.05) is 0 Å². The normalized spacial score (nSPS) is 11.9. The molecule has 116 valence electrons. The summed E-state index contributed by atoms with van der Waals surface area (Å²) < 4.78 is 45.1. The summed E-state index contributed by atoms with van der Waals surface area (Å²) in [7, 11) is -2.58. The number of hydrogen-bond donors (Lipinski definition) is 2. The molecule has 5 nitrogen and oxygen atoms in total. The lowest BCUT2D eigenvalue weighted by Gasteiger charge is -2.19. The number of rotatable bonds is 5. The van der Waals surface area contributed by atoms with Crippen LogP contribution in [-0.4, -0.2) is 27.6 Å². The van der Waals surface area contributed by atoms with E-state index >= 15 is 0 Å². The molecular weight excluding hydrogens is 375 g/mol. The summed E-state index contributed by atoms with van der Waals surface area (Å²) in [5, 5.41) is 0. The number of sulfonamides is 1. The minimum absolute atomic E-state index is 0. The molecule has 0 atom stereocenters. The van der Waals surface area contributed by atoms with Gasteiger partial charge in [-0.25, -0.2) is 17.5 Å². The summed E-state index contributed by atoms with van der Waals surface area (Å²) in [6, 6.07) is 2.16. The highest BCUT2D eigenvalue weighted by molar-refractivity contribution is 9.10. The van der Waals surface area contributed by atoms with Crippen LogP contribution in [0, 0.1) is 5.82 Å². The van der Waals surface area contributed by atoms with Gasteiger partial charge in [0.25, 0.3) is 0 Å². The van der Waals surface area contributed by atoms with Crippen molar-refractivity contribution in [3.8, 4) is 5.75 Å². The monoisotopic (exact) mass is 390 g/mol. The second kappa shape index (κ2) is 7.04. The van der Waals surface area contributed by atoms with E-state index in [1.165, 1.54) is 13.2 Å². The smallest absolute Gasteiger partial charge is 0.244 e. The molecule has 0 saturated heterocycles. The third kappa shape index (κ3) is 5.17. The lowest BCUT2D eigenvalue weighted by atomic mass is 10.1. The van der Waals surface area contributed by atoms with Crippen molar-refractivity contribution in [2.75, 3.05) is 13.7 Å². The van der Waals surface area contributed by atoms with Gasteiger partial charge in [-0.1, -0.05) is 0 Å². The van der Waals surface area contributed by atoms with Crippen molar-refractivity contribution in [3.63, 3.8) is 0 Å². The van der Waals surface area contributed by atoms with Crippen LogP contribution in [0.1, 0.15) is 13.8 Å². The first kappa shape index (κ1) is 19.6. The molecule has 1 rings (SSSR count). The molecule has 0 fully saturated rings. The average Bonchev–Trinajstić information content (AvgIpc) is 2.28. The highest BCUT2D eigenvalue weighted by Gasteiger charge is 2.24. The summed E-state index contributed by atoms with van der Waals surface area (Å²) in [5.41, 5.74) is 4.99. The number of nitrogens with two attached hydrogens (primary N) is 1. The van der Waals surface area contributed by atoms with E-state index in [0.29, 0.717) is 0 Å². The third-order valence-corrected chi connectivity index (χ3v) is 4.24. The number of halogens is 3. The van der Waals surface area contributed by atoms with E-state index in [2.05, 4.69) is 20.7 Å². The largest absolute Gasteiger partial charge is 0.495 e. The molecule has 1 aromatic rings. The number of hydrogen-bond acceptors (Lipinski definition) is 4. The second-order valence-corrected chi connectivity index (χ2v) is 7.32. The number of benzene rings is 1. The zero-order chi connectivity index (χ0) is 14.8. The predicted octanol–water partition coefficient (Wildman–Crippen LogP) is 2.03. The first-order valence-electron chi connectivity index (χ1n) is 5.38. The average molecular weight is 392 g/mol. The van der Waals surface area contributed by atoms with Gasteiger partial charge < -0.3 is 10.5 Å². The molecule has 0 spiro atoms. The maximum absolute atomic E-state index is 13.5. The van der Waals surface area contributed by atoms with Gasteiger partial charge in [0.1, 0.15) is 16.5 Å².